The molecule has 1 unspecified atom stereocenters. The number of amides is 1. The Bertz CT molecular complexity index is 971. The molecule has 0 spiro atoms. The number of carbonyl (C=O) groups excluding carboxylic acids is 1. The molecule has 1 aromatic carbocycles. The number of piperidine rings is 1. The molecule has 2 aromatic heterocycles. The number of methoxy groups -OCH3 is 1. The van der Waals surface area contributed by atoms with E-state index in [1.807, 2.05) is 43.5 Å². The summed E-state index contributed by atoms with van der Waals surface area (Å²) < 4.78 is 7.18. The highest BCUT2D eigenvalue weighted by Crippen LogP contribution is 2.28. The topological polar surface area (TPSA) is 85.2 Å². The van der Waals surface area contributed by atoms with E-state index in [4.69, 9.17) is 4.74 Å². The van der Waals surface area contributed by atoms with Crippen molar-refractivity contribution >= 4 is 17.4 Å². The molecule has 4 rings (SSSR count). The number of aromatic nitrogens is 4. The largest absolute Gasteiger partial charge is 0.495 e. The van der Waals surface area contributed by atoms with Crippen LogP contribution in [-0.4, -0.2) is 45.9 Å². The smallest absolute Gasteiger partial charge is 0.229 e. The van der Waals surface area contributed by atoms with Crippen LogP contribution in [0, 0.1) is 12.8 Å². The van der Waals surface area contributed by atoms with Crippen LogP contribution in [-0.2, 0) is 4.79 Å². The molecule has 1 fully saturated rings. The maximum absolute atomic E-state index is 12.9. The van der Waals surface area contributed by atoms with Gasteiger partial charge in [0.05, 0.1) is 18.7 Å². The van der Waals surface area contributed by atoms with Gasteiger partial charge in [-0.2, -0.15) is 0 Å². The molecule has 1 atom stereocenters. The van der Waals surface area contributed by atoms with Gasteiger partial charge in [-0.15, -0.1) is 10.2 Å². The van der Waals surface area contributed by atoms with E-state index in [1.54, 1.807) is 24.2 Å². The number of hydrogen-bond acceptors (Lipinski definition) is 6. The van der Waals surface area contributed by atoms with Crippen molar-refractivity contribution in [1.29, 1.82) is 0 Å². The highest BCUT2D eigenvalue weighted by atomic mass is 16.5. The first-order chi connectivity index (χ1) is 14.1. The molecule has 1 aliphatic rings. The number of nitrogens with zero attached hydrogens (tertiary/aromatic N) is 5. The van der Waals surface area contributed by atoms with E-state index in [9.17, 15) is 4.79 Å². The van der Waals surface area contributed by atoms with E-state index in [1.165, 1.54) is 0 Å². The third-order valence-electron chi connectivity index (χ3n) is 5.13. The van der Waals surface area contributed by atoms with Gasteiger partial charge in [-0.25, -0.2) is 4.98 Å². The molecule has 29 heavy (non-hydrogen) atoms. The molecule has 0 aliphatic carbocycles. The minimum Gasteiger partial charge on any atom is -0.495 e. The summed E-state index contributed by atoms with van der Waals surface area (Å²) in [5, 5.41) is 11.7. The molecule has 3 aromatic rings. The van der Waals surface area contributed by atoms with Crippen molar-refractivity contribution in [3.63, 3.8) is 0 Å². The molecule has 1 N–H and O–H groups in total. The molecule has 1 saturated heterocycles. The fourth-order valence-corrected chi connectivity index (χ4v) is 3.57. The summed E-state index contributed by atoms with van der Waals surface area (Å²) in [6.45, 7) is 3.46. The highest BCUT2D eigenvalue weighted by molar-refractivity contribution is 5.94. The van der Waals surface area contributed by atoms with E-state index in [-0.39, 0.29) is 11.8 Å². The van der Waals surface area contributed by atoms with Crippen LogP contribution in [0.5, 0.6) is 5.75 Å². The van der Waals surface area contributed by atoms with Gasteiger partial charge in [0.25, 0.3) is 0 Å². The maximum Gasteiger partial charge on any atom is 0.229 e. The van der Waals surface area contributed by atoms with Crippen molar-refractivity contribution in [2.45, 2.75) is 19.8 Å². The van der Waals surface area contributed by atoms with E-state index >= 15 is 0 Å². The molecule has 1 amide bonds. The molecule has 1 aliphatic heterocycles. The quantitative estimate of drug-likeness (QED) is 0.719. The van der Waals surface area contributed by atoms with Crippen LogP contribution in [0.2, 0.25) is 0 Å². The van der Waals surface area contributed by atoms with Gasteiger partial charge in [0, 0.05) is 25.5 Å². The van der Waals surface area contributed by atoms with Crippen molar-refractivity contribution in [3.8, 4) is 11.6 Å². The number of imidazole rings is 1. The number of rotatable bonds is 5. The van der Waals surface area contributed by atoms with Gasteiger partial charge in [0.1, 0.15) is 12.1 Å². The molecule has 0 radical (unpaired) electrons. The second-order valence-corrected chi connectivity index (χ2v) is 7.20. The third-order valence-corrected chi connectivity index (χ3v) is 5.13. The van der Waals surface area contributed by atoms with Gasteiger partial charge in [0.2, 0.25) is 5.91 Å². The number of carbonyl (C=O) groups is 1. The van der Waals surface area contributed by atoms with Crippen LogP contribution in [0.25, 0.3) is 5.82 Å². The lowest BCUT2D eigenvalue weighted by atomic mass is 9.97. The van der Waals surface area contributed by atoms with Gasteiger partial charge in [0.15, 0.2) is 11.6 Å². The standard InChI is InChI=1S/C21H24N6O2/c1-15-5-6-18(29-2)17(12-15)23-21(28)16-4-3-10-26(13-16)19-7-8-20(25-24-19)27-11-9-22-14-27/h5-9,11-12,14,16H,3-4,10,13H2,1-2H3,(H,23,28). The first-order valence-electron chi connectivity index (χ1n) is 9.66. The molecule has 0 bridgehead atoms. The zero-order chi connectivity index (χ0) is 20.2. The Morgan fingerprint density at radius 3 is 2.76 bits per heavy atom. The average Bonchev–Trinajstić information content (AvgIpc) is 3.29. The number of hydrogen-bond donors (Lipinski definition) is 1. The fraction of sp³-hybridized carbons (Fsp3) is 0.333. The summed E-state index contributed by atoms with van der Waals surface area (Å²) >= 11 is 0. The zero-order valence-corrected chi connectivity index (χ0v) is 16.6. The predicted molar refractivity (Wildman–Crippen MR) is 110 cm³/mol. The van der Waals surface area contributed by atoms with Crippen molar-refractivity contribution < 1.29 is 9.53 Å². The minimum atomic E-state index is -0.121. The number of benzene rings is 1. The second-order valence-electron chi connectivity index (χ2n) is 7.20. The Morgan fingerprint density at radius 2 is 2.03 bits per heavy atom. The lowest BCUT2D eigenvalue weighted by Crippen LogP contribution is -2.41. The Kier molecular flexibility index (Phi) is 5.41. The second kappa shape index (κ2) is 8.30. The minimum absolute atomic E-state index is 0.00148. The Balaban J connectivity index is 1.44. The third kappa shape index (κ3) is 4.21. The summed E-state index contributed by atoms with van der Waals surface area (Å²) in [5.41, 5.74) is 1.78. The van der Waals surface area contributed by atoms with Gasteiger partial charge >= 0.3 is 0 Å². The van der Waals surface area contributed by atoms with E-state index in [0.717, 1.165) is 30.8 Å². The molecular weight excluding hydrogens is 368 g/mol. The molecular formula is C21H24N6O2. The Morgan fingerprint density at radius 1 is 1.21 bits per heavy atom. The van der Waals surface area contributed by atoms with Gasteiger partial charge in [-0.1, -0.05) is 6.07 Å². The maximum atomic E-state index is 12.9. The van der Waals surface area contributed by atoms with Crippen LogP contribution in [0.3, 0.4) is 0 Å². The lowest BCUT2D eigenvalue weighted by Gasteiger charge is -2.32. The normalized spacial score (nSPS) is 16.5. The van der Waals surface area contributed by atoms with Crippen molar-refractivity contribution in [3.05, 3.63) is 54.6 Å². The van der Waals surface area contributed by atoms with Gasteiger partial charge in [-0.05, 0) is 49.6 Å². The van der Waals surface area contributed by atoms with Crippen LogP contribution >= 0.6 is 0 Å². The molecule has 0 saturated carbocycles. The summed E-state index contributed by atoms with van der Waals surface area (Å²) in [6, 6.07) is 9.60. The zero-order valence-electron chi connectivity index (χ0n) is 16.6. The monoisotopic (exact) mass is 392 g/mol. The van der Waals surface area contributed by atoms with Crippen LogP contribution in [0.4, 0.5) is 11.5 Å². The summed E-state index contributed by atoms with van der Waals surface area (Å²) in [7, 11) is 1.61. The summed E-state index contributed by atoms with van der Waals surface area (Å²) in [4.78, 5) is 19.0. The van der Waals surface area contributed by atoms with Crippen LogP contribution < -0.4 is 15.0 Å². The van der Waals surface area contributed by atoms with E-state index in [0.29, 0.717) is 23.8 Å². The first kappa shape index (κ1) is 18.9. The average molecular weight is 392 g/mol. The molecule has 8 nitrogen and oxygen atoms in total. The lowest BCUT2D eigenvalue weighted by molar-refractivity contribution is -0.120. The van der Waals surface area contributed by atoms with Crippen molar-refractivity contribution in [1.82, 2.24) is 19.7 Å². The summed E-state index contributed by atoms with van der Waals surface area (Å²) in [6.07, 6.45) is 6.98. The number of nitrogens with one attached hydrogen (secondary N) is 1. The first-order valence-corrected chi connectivity index (χ1v) is 9.66. The van der Waals surface area contributed by atoms with Crippen LogP contribution in [0.15, 0.2) is 49.1 Å². The van der Waals surface area contributed by atoms with Crippen LogP contribution in [0.1, 0.15) is 18.4 Å². The van der Waals surface area contributed by atoms with E-state index in [2.05, 4.69) is 25.4 Å². The van der Waals surface area contributed by atoms with Crippen molar-refractivity contribution in [2.75, 3.05) is 30.4 Å². The number of aryl methyl sites for hydroxylation is 1. The van der Waals surface area contributed by atoms with Gasteiger partial charge < -0.3 is 15.0 Å². The SMILES string of the molecule is COc1ccc(C)cc1NC(=O)C1CCCN(c2ccc(-n3ccnc3)nn2)C1. The van der Waals surface area contributed by atoms with Crippen molar-refractivity contribution in [2.24, 2.45) is 5.92 Å². The van der Waals surface area contributed by atoms with E-state index < -0.39 is 0 Å². The summed E-state index contributed by atoms with van der Waals surface area (Å²) in [5.74, 6) is 2.03. The molecule has 3 heterocycles. The molecule has 8 heteroatoms. The Hall–Kier alpha value is -3.42. The Labute approximate surface area is 169 Å². The fourth-order valence-electron chi connectivity index (χ4n) is 3.57. The highest BCUT2D eigenvalue weighted by Gasteiger charge is 2.27. The number of anilines is 2. The number of ether oxygens (including phenoxy) is 1. The van der Waals surface area contributed by atoms with Gasteiger partial charge in [-0.3, -0.25) is 9.36 Å². The predicted octanol–water partition coefficient (Wildman–Crippen LogP) is 2.83. The molecule has 150 valence electrons.